The Bertz CT molecular complexity index is 475. The van der Waals surface area contributed by atoms with Crippen LogP contribution in [0.5, 0.6) is 0 Å². The molecule has 19 heavy (non-hydrogen) atoms. The minimum Gasteiger partial charge on any atom is -0.469 e. The van der Waals surface area contributed by atoms with E-state index in [4.69, 9.17) is 16.3 Å². The van der Waals surface area contributed by atoms with Crippen LogP contribution >= 0.6 is 23.4 Å². The Kier molecular flexibility index (Phi) is 4.74. The molecule has 104 valence electrons. The number of ether oxygens (including phenoxy) is 1. The van der Waals surface area contributed by atoms with Gasteiger partial charge in [-0.3, -0.25) is 4.79 Å². The van der Waals surface area contributed by atoms with Gasteiger partial charge < -0.3 is 4.74 Å². The molecule has 2 nitrogen and oxygen atoms in total. The molecule has 0 N–H and O–H groups in total. The molecule has 0 heterocycles. The van der Waals surface area contributed by atoms with E-state index in [1.165, 1.54) is 13.2 Å². The third-order valence-electron chi connectivity index (χ3n) is 3.39. The molecular weight excluding hydrogens is 287 g/mol. The molecule has 1 aliphatic carbocycles. The summed E-state index contributed by atoms with van der Waals surface area (Å²) in [5, 5.41) is 0.413. The molecule has 0 aromatic heterocycles. The van der Waals surface area contributed by atoms with Crippen LogP contribution in [-0.4, -0.2) is 18.8 Å². The van der Waals surface area contributed by atoms with Gasteiger partial charge in [-0.05, 0) is 41.7 Å². The van der Waals surface area contributed by atoms with E-state index in [1.807, 2.05) is 0 Å². The molecule has 0 unspecified atom stereocenters. The summed E-state index contributed by atoms with van der Waals surface area (Å²) >= 11 is 7.37. The van der Waals surface area contributed by atoms with E-state index in [0.717, 1.165) is 18.6 Å². The van der Waals surface area contributed by atoms with Crippen molar-refractivity contribution < 1.29 is 13.9 Å². The number of carbonyl (C=O) groups excluding carboxylic acids is 1. The summed E-state index contributed by atoms with van der Waals surface area (Å²) in [6, 6.07) is 4.74. The van der Waals surface area contributed by atoms with E-state index in [-0.39, 0.29) is 17.2 Å². The Morgan fingerprint density at radius 2 is 2.26 bits per heavy atom. The second-order valence-electron chi connectivity index (χ2n) is 4.98. The largest absolute Gasteiger partial charge is 0.469 e. The molecular formula is C14H16ClFO2S. The summed E-state index contributed by atoms with van der Waals surface area (Å²) in [5.41, 5.74) is 0.740. The number of hydrogen-bond acceptors (Lipinski definition) is 3. The summed E-state index contributed by atoms with van der Waals surface area (Å²) in [7, 11) is 1.41. The summed E-state index contributed by atoms with van der Waals surface area (Å²) in [6.45, 7) is 0. The summed E-state index contributed by atoms with van der Waals surface area (Å²) in [6.07, 6.45) is 2.58. The lowest BCUT2D eigenvalue weighted by atomic mass is 10.1. The second-order valence-corrected chi connectivity index (χ2v) is 6.40. The number of benzene rings is 1. The maximum Gasteiger partial charge on any atom is 0.306 e. The highest BCUT2D eigenvalue weighted by atomic mass is 35.5. The molecule has 1 aromatic carbocycles. The minimum absolute atomic E-state index is 0.0840. The fourth-order valence-electron chi connectivity index (χ4n) is 1.94. The SMILES string of the molecule is COC(=O)CC1(CSCc2ccc(Cl)cc2F)CC1. The highest BCUT2D eigenvalue weighted by molar-refractivity contribution is 7.98. The van der Waals surface area contributed by atoms with Crippen molar-refractivity contribution in [2.75, 3.05) is 12.9 Å². The maximum absolute atomic E-state index is 13.6. The van der Waals surface area contributed by atoms with Gasteiger partial charge in [0.25, 0.3) is 0 Å². The van der Waals surface area contributed by atoms with Crippen molar-refractivity contribution in [2.45, 2.75) is 25.0 Å². The van der Waals surface area contributed by atoms with Gasteiger partial charge in [0.1, 0.15) is 5.82 Å². The van der Waals surface area contributed by atoms with E-state index in [9.17, 15) is 9.18 Å². The fourth-order valence-corrected chi connectivity index (χ4v) is 3.48. The predicted molar refractivity (Wildman–Crippen MR) is 75.9 cm³/mol. The standard InChI is InChI=1S/C14H16ClFO2S/c1-18-13(17)7-14(4-5-14)9-19-8-10-2-3-11(15)6-12(10)16/h2-3,6H,4-5,7-9H2,1H3. The number of thioether (sulfide) groups is 1. The van der Waals surface area contributed by atoms with Crippen LogP contribution in [0.2, 0.25) is 5.02 Å². The van der Waals surface area contributed by atoms with Gasteiger partial charge >= 0.3 is 5.97 Å². The van der Waals surface area contributed by atoms with Crippen LogP contribution in [-0.2, 0) is 15.3 Å². The lowest BCUT2D eigenvalue weighted by molar-refractivity contribution is -0.141. The summed E-state index contributed by atoms with van der Waals surface area (Å²) in [5.74, 6) is 1.05. The summed E-state index contributed by atoms with van der Waals surface area (Å²) < 4.78 is 18.3. The molecule has 0 amide bonds. The van der Waals surface area contributed by atoms with Crippen LogP contribution in [0.1, 0.15) is 24.8 Å². The van der Waals surface area contributed by atoms with Crippen molar-refractivity contribution in [3.05, 3.63) is 34.6 Å². The number of halogens is 2. The zero-order valence-electron chi connectivity index (χ0n) is 10.7. The van der Waals surface area contributed by atoms with Crippen LogP contribution < -0.4 is 0 Å². The Balaban J connectivity index is 1.82. The van der Waals surface area contributed by atoms with Crippen LogP contribution in [0, 0.1) is 11.2 Å². The second kappa shape index (κ2) is 6.14. The number of methoxy groups -OCH3 is 1. The maximum atomic E-state index is 13.6. The van der Waals surface area contributed by atoms with Crippen molar-refractivity contribution in [1.29, 1.82) is 0 Å². The smallest absolute Gasteiger partial charge is 0.306 e. The molecule has 0 atom stereocenters. The van der Waals surface area contributed by atoms with Gasteiger partial charge in [0, 0.05) is 10.8 Å². The monoisotopic (exact) mass is 302 g/mol. The van der Waals surface area contributed by atoms with Gasteiger partial charge in [0.15, 0.2) is 0 Å². The Morgan fingerprint density at radius 3 is 2.84 bits per heavy atom. The Labute approximate surface area is 121 Å². The normalized spacial score (nSPS) is 16.2. The molecule has 0 radical (unpaired) electrons. The van der Waals surface area contributed by atoms with Crippen LogP contribution in [0.25, 0.3) is 0 Å². The summed E-state index contributed by atoms with van der Waals surface area (Å²) in [4.78, 5) is 11.3. The lowest BCUT2D eigenvalue weighted by Crippen LogP contribution is -2.13. The Hall–Kier alpha value is -0.740. The van der Waals surface area contributed by atoms with Gasteiger partial charge in [-0.25, -0.2) is 4.39 Å². The van der Waals surface area contributed by atoms with E-state index in [1.54, 1.807) is 23.9 Å². The van der Waals surface area contributed by atoms with Crippen molar-refractivity contribution in [2.24, 2.45) is 5.41 Å². The third kappa shape index (κ3) is 4.11. The molecule has 5 heteroatoms. The first-order valence-corrected chi connectivity index (χ1v) is 7.66. The van der Waals surface area contributed by atoms with E-state index >= 15 is 0 Å². The number of rotatable bonds is 6. The number of hydrogen-bond donors (Lipinski definition) is 0. The molecule has 1 aromatic rings. The van der Waals surface area contributed by atoms with E-state index in [0.29, 0.717) is 22.8 Å². The fraction of sp³-hybridized carbons (Fsp3) is 0.500. The molecule has 1 aliphatic rings. The van der Waals surface area contributed by atoms with Crippen molar-refractivity contribution in [3.8, 4) is 0 Å². The molecule has 0 aliphatic heterocycles. The first kappa shape index (κ1) is 14.7. The van der Waals surface area contributed by atoms with Crippen LogP contribution in [0.4, 0.5) is 4.39 Å². The lowest BCUT2D eigenvalue weighted by Gasteiger charge is -2.13. The van der Waals surface area contributed by atoms with Gasteiger partial charge in [0.2, 0.25) is 0 Å². The van der Waals surface area contributed by atoms with Gasteiger partial charge in [-0.1, -0.05) is 17.7 Å². The quantitative estimate of drug-likeness (QED) is 0.741. The molecule has 2 rings (SSSR count). The molecule has 0 bridgehead atoms. The van der Waals surface area contributed by atoms with Crippen molar-refractivity contribution in [3.63, 3.8) is 0 Å². The van der Waals surface area contributed by atoms with Crippen LogP contribution in [0.15, 0.2) is 18.2 Å². The first-order valence-electron chi connectivity index (χ1n) is 6.13. The minimum atomic E-state index is -0.266. The zero-order chi connectivity index (χ0) is 13.9. The average molecular weight is 303 g/mol. The molecule has 0 spiro atoms. The third-order valence-corrected chi connectivity index (χ3v) is 4.95. The Morgan fingerprint density at radius 1 is 1.53 bits per heavy atom. The van der Waals surface area contributed by atoms with Gasteiger partial charge in [-0.2, -0.15) is 11.8 Å². The topological polar surface area (TPSA) is 26.3 Å². The highest BCUT2D eigenvalue weighted by Crippen LogP contribution is 2.51. The van der Waals surface area contributed by atoms with Crippen molar-refractivity contribution in [1.82, 2.24) is 0 Å². The van der Waals surface area contributed by atoms with Crippen LogP contribution in [0.3, 0.4) is 0 Å². The first-order chi connectivity index (χ1) is 9.04. The van der Waals surface area contributed by atoms with Gasteiger partial charge in [0.05, 0.1) is 13.5 Å². The van der Waals surface area contributed by atoms with Crippen molar-refractivity contribution >= 4 is 29.3 Å². The molecule has 1 fully saturated rings. The van der Waals surface area contributed by atoms with E-state index in [2.05, 4.69) is 0 Å². The number of carbonyl (C=O) groups is 1. The number of esters is 1. The predicted octanol–water partition coefficient (Wildman–Crippen LogP) is 4.06. The van der Waals surface area contributed by atoms with E-state index < -0.39 is 0 Å². The average Bonchev–Trinajstić information content (AvgIpc) is 3.12. The van der Waals surface area contributed by atoms with Gasteiger partial charge in [-0.15, -0.1) is 0 Å². The molecule has 0 saturated heterocycles. The zero-order valence-corrected chi connectivity index (χ0v) is 12.3. The highest BCUT2D eigenvalue weighted by Gasteiger charge is 2.44. The molecule has 1 saturated carbocycles.